The lowest BCUT2D eigenvalue weighted by Gasteiger charge is -2.52. The molecular weight excluding hydrogens is 450 g/mol. The van der Waals surface area contributed by atoms with Crippen molar-refractivity contribution in [2.75, 3.05) is 33.5 Å². The average Bonchev–Trinajstić information content (AvgIpc) is 2.89. The largest absolute Gasteiger partial charge is 0.382 e. The number of methoxy groups -OCH3 is 1. The number of hydrogen-bond acceptors (Lipinski definition) is 4. The monoisotopic (exact) mass is 489 g/mol. The molecule has 2 N–H and O–H groups in total. The van der Waals surface area contributed by atoms with E-state index in [-0.39, 0.29) is 11.3 Å². The first-order valence-electron chi connectivity index (χ1n) is 13.2. The second kappa shape index (κ2) is 12.1. The number of nitrogens with one attached hydrogen (secondary N) is 1. The van der Waals surface area contributed by atoms with Gasteiger partial charge in [-0.15, -0.1) is 5.92 Å². The zero-order valence-electron chi connectivity index (χ0n) is 21.6. The highest BCUT2D eigenvalue weighted by molar-refractivity contribution is 5.94. The van der Waals surface area contributed by atoms with Gasteiger partial charge >= 0.3 is 0 Å². The lowest BCUT2D eigenvalue weighted by atomic mass is 9.52. The standard InChI is InChI=1S/C31H39NO4/c1-3-14-30(34)15-16-31(22-24-8-5-4-6-9-24)27(23-30)12-10-25-21-26(11-13-28(25)31)29(33)32-17-7-18-36-20-19-35-2/h4-6,8-9,11,13,21,27,34H,7,10,12,15-20,22-23H2,1-2H3,(H,32,33)/t27-,30-,31+/m1/s1. The van der Waals surface area contributed by atoms with Gasteiger partial charge in [0.15, 0.2) is 0 Å². The number of ether oxygens (including phenoxy) is 2. The summed E-state index contributed by atoms with van der Waals surface area (Å²) in [6.07, 6.45) is 5.89. The first-order chi connectivity index (χ1) is 17.5. The average molecular weight is 490 g/mol. The molecule has 0 heterocycles. The maximum atomic E-state index is 12.9. The van der Waals surface area contributed by atoms with Crippen LogP contribution < -0.4 is 5.32 Å². The van der Waals surface area contributed by atoms with Gasteiger partial charge in [0, 0.05) is 31.2 Å². The molecule has 5 nitrogen and oxygen atoms in total. The summed E-state index contributed by atoms with van der Waals surface area (Å²) in [5.41, 5.74) is 3.69. The molecule has 0 bridgehead atoms. The van der Waals surface area contributed by atoms with Crippen LogP contribution in [0.5, 0.6) is 0 Å². The Hall–Kier alpha value is -2.65. The van der Waals surface area contributed by atoms with Gasteiger partial charge < -0.3 is 19.9 Å². The van der Waals surface area contributed by atoms with Crippen molar-refractivity contribution in [1.29, 1.82) is 0 Å². The number of carbonyl (C=O) groups is 1. The molecular formula is C31H39NO4. The van der Waals surface area contributed by atoms with Gasteiger partial charge in [-0.1, -0.05) is 42.3 Å². The fourth-order valence-corrected chi connectivity index (χ4v) is 6.19. The Morgan fingerprint density at radius 1 is 1.14 bits per heavy atom. The van der Waals surface area contributed by atoms with Crippen LogP contribution in [0.3, 0.4) is 0 Å². The number of carbonyl (C=O) groups excluding carboxylic acids is 1. The maximum Gasteiger partial charge on any atom is 0.251 e. The van der Waals surface area contributed by atoms with Crippen LogP contribution >= 0.6 is 0 Å². The molecule has 2 aliphatic carbocycles. The molecule has 2 aromatic carbocycles. The molecule has 3 atom stereocenters. The van der Waals surface area contributed by atoms with E-state index in [1.807, 2.05) is 6.07 Å². The van der Waals surface area contributed by atoms with Gasteiger partial charge in [-0.3, -0.25) is 4.79 Å². The molecule has 0 spiro atoms. The fraction of sp³-hybridized carbons (Fsp3) is 0.516. The zero-order valence-corrected chi connectivity index (χ0v) is 21.6. The van der Waals surface area contributed by atoms with Crippen molar-refractivity contribution < 1.29 is 19.4 Å². The highest BCUT2D eigenvalue weighted by Gasteiger charge is 2.51. The second-order valence-corrected chi connectivity index (χ2v) is 10.3. The fourth-order valence-electron chi connectivity index (χ4n) is 6.19. The predicted molar refractivity (Wildman–Crippen MR) is 142 cm³/mol. The molecule has 0 aromatic heterocycles. The summed E-state index contributed by atoms with van der Waals surface area (Å²) in [6.45, 7) is 4.15. The number of fused-ring (bicyclic) bond motifs is 3. The van der Waals surface area contributed by atoms with Gasteiger partial charge in [0.25, 0.3) is 5.91 Å². The Bertz CT molecular complexity index is 1090. The summed E-state index contributed by atoms with van der Waals surface area (Å²) >= 11 is 0. The van der Waals surface area contributed by atoms with Crippen molar-refractivity contribution in [3.63, 3.8) is 0 Å². The molecule has 0 saturated heterocycles. The summed E-state index contributed by atoms with van der Waals surface area (Å²) in [5.74, 6) is 6.36. The molecule has 0 radical (unpaired) electrons. The van der Waals surface area contributed by atoms with Crippen LogP contribution in [0.1, 0.15) is 66.1 Å². The Morgan fingerprint density at radius 3 is 2.75 bits per heavy atom. The first-order valence-corrected chi connectivity index (χ1v) is 13.2. The Balaban J connectivity index is 1.52. The van der Waals surface area contributed by atoms with E-state index < -0.39 is 5.60 Å². The van der Waals surface area contributed by atoms with E-state index in [9.17, 15) is 9.90 Å². The second-order valence-electron chi connectivity index (χ2n) is 10.3. The smallest absolute Gasteiger partial charge is 0.251 e. The minimum atomic E-state index is -0.899. The molecule has 1 saturated carbocycles. The molecule has 2 aliphatic rings. The molecule has 2 aromatic rings. The third-order valence-corrected chi connectivity index (χ3v) is 7.92. The molecule has 192 valence electrons. The van der Waals surface area contributed by atoms with E-state index in [1.54, 1.807) is 14.0 Å². The zero-order chi connectivity index (χ0) is 25.4. The third kappa shape index (κ3) is 6.00. The first kappa shape index (κ1) is 26.4. The Labute approximate surface area is 215 Å². The molecule has 1 fully saturated rings. The van der Waals surface area contributed by atoms with Crippen molar-refractivity contribution in [3.05, 3.63) is 70.8 Å². The van der Waals surface area contributed by atoms with E-state index in [4.69, 9.17) is 9.47 Å². The van der Waals surface area contributed by atoms with E-state index in [0.29, 0.717) is 50.7 Å². The van der Waals surface area contributed by atoms with Crippen LogP contribution in [0.15, 0.2) is 48.5 Å². The lowest BCUT2D eigenvalue weighted by molar-refractivity contribution is -0.00801. The Morgan fingerprint density at radius 2 is 1.97 bits per heavy atom. The van der Waals surface area contributed by atoms with Gasteiger partial charge in [-0.2, -0.15) is 0 Å². The van der Waals surface area contributed by atoms with Crippen molar-refractivity contribution in [1.82, 2.24) is 5.32 Å². The number of hydrogen-bond donors (Lipinski definition) is 2. The quantitative estimate of drug-likeness (QED) is 0.382. The van der Waals surface area contributed by atoms with Gasteiger partial charge in [0.05, 0.1) is 13.2 Å². The SMILES string of the molecule is CC#C[C@@]1(O)CC[C@@]2(Cc3ccccc3)c3ccc(C(=O)NCCCOCCOC)cc3CC[C@@H]2C1. The van der Waals surface area contributed by atoms with Crippen molar-refractivity contribution in [2.24, 2.45) is 5.92 Å². The highest BCUT2D eigenvalue weighted by Crippen LogP contribution is 2.54. The van der Waals surface area contributed by atoms with Crippen LogP contribution in [0.25, 0.3) is 0 Å². The van der Waals surface area contributed by atoms with Crippen molar-refractivity contribution in [3.8, 4) is 11.8 Å². The molecule has 4 rings (SSSR count). The Kier molecular flexibility index (Phi) is 8.85. The number of rotatable bonds is 10. The van der Waals surface area contributed by atoms with E-state index in [1.165, 1.54) is 16.7 Å². The van der Waals surface area contributed by atoms with Crippen LogP contribution in [0, 0.1) is 17.8 Å². The maximum absolute atomic E-state index is 12.9. The van der Waals surface area contributed by atoms with Gasteiger partial charge in [-0.05, 0) is 86.6 Å². The minimum Gasteiger partial charge on any atom is -0.382 e. The third-order valence-electron chi connectivity index (χ3n) is 7.92. The predicted octanol–water partition coefficient (Wildman–Crippen LogP) is 4.45. The minimum absolute atomic E-state index is 0.0369. The summed E-state index contributed by atoms with van der Waals surface area (Å²) in [6, 6.07) is 16.9. The molecule has 36 heavy (non-hydrogen) atoms. The number of aryl methyl sites for hydroxylation is 1. The van der Waals surface area contributed by atoms with E-state index >= 15 is 0 Å². The molecule has 0 aliphatic heterocycles. The van der Waals surface area contributed by atoms with Crippen LogP contribution in [-0.4, -0.2) is 50.1 Å². The molecule has 5 heteroatoms. The van der Waals surface area contributed by atoms with Crippen molar-refractivity contribution in [2.45, 2.75) is 62.9 Å². The number of benzene rings is 2. The van der Waals surface area contributed by atoms with Gasteiger partial charge in [0.2, 0.25) is 0 Å². The van der Waals surface area contributed by atoms with Crippen molar-refractivity contribution >= 4 is 5.91 Å². The number of amides is 1. The van der Waals surface area contributed by atoms with Crippen LogP contribution in [0.4, 0.5) is 0 Å². The summed E-state index contributed by atoms with van der Waals surface area (Å²) in [5, 5.41) is 14.2. The lowest BCUT2D eigenvalue weighted by Crippen LogP contribution is -2.51. The normalized spacial score (nSPS) is 24.7. The van der Waals surface area contributed by atoms with E-state index in [2.05, 4.69) is 59.6 Å². The van der Waals surface area contributed by atoms with Gasteiger partial charge in [0.1, 0.15) is 5.60 Å². The number of aliphatic hydroxyl groups is 1. The summed E-state index contributed by atoms with van der Waals surface area (Å²) in [4.78, 5) is 12.9. The van der Waals surface area contributed by atoms with Crippen LogP contribution in [0.2, 0.25) is 0 Å². The molecule has 0 unspecified atom stereocenters. The van der Waals surface area contributed by atoms with Crippen LogP contribution in [-0.2, 0) is 27.7 Å². The molecule has 1 amide bonds. The highest BCUT2D eigenvalue weighted by atomic mass is 16.5. The summed E-state index contributed by atoms with van der Waals surface area (Å²) < 4.78 is 10.4. The van der Waals surface area contributed by atoms with E-state index in [0.717, 1.165) is 32.1 Å². The topological polar surface area (TPSA) is 67.8 Å². The van der Waals surface area contributed by atoms with Gasteiger partial charge in [-0.25, -0.2) is 0 Å². The summed E-state index contributed by atoms with van der Waals surface area (Å²) in [7, 11) is 1.65.